The van der Waals surface area contributed by atoms with E-state index in [9.17, 15) is 0 Å². The number of nitrogens with zero attached hydrogens (tertiary/aromatic N) is 6. The Morgan fingerprint density at radius 2 is 2.08 bits per heavy atom. The Morgan fingerprint density at radius 1 is 1.31 bits per heavy atom. The van der Waals surface area contributed by atoms with E-state index in [1.54, 1.807) is 0 Å². The quantitative estimate of drug-likeness (QED) is 0.592. The zero-order valence-electron chi connectivity index (χ0n) is 16.4. The van der Waals surface area contributed by atoms with Crippen molar-refractivity contribution in [3.63, 3.8) is 0 Å². The topological polar surface area (TPSA) is 59.9 Å². The first kappa shape index (κ1) is 19.7. The van der Waals surface area contributed by atoms with Crippen molar-refractivity contribution >= 4 is 34.4 Å². The molecule has 2 fully saturated rings. The maximum absolute atomic E-state index is 4.62. The molecule has 2 aliphatic heterocycles. The molecule has 1 atom stereocenters. The lowest BCUT2D eigenvalue weighted by Crippen LogP contribution is -2.57. The summed E-state index contributed by atoms with van der Waals surface area (Å²) in [6, 6.07) is 0. The van der Waals surface area contributed by atoms with Crippen LogP contribution in [0.15, 0.2) is 4.99 Å². The normalized spacial score (nSPS) is 24.6. The molecule has 2 saturated heterocycles. The zero-order valence-corrected chi connectivity index (χ0v) is 18.0. The summed E-state index contributed by atoms with van der Waals surface area (Å²) in [5.74, 6) is 4.41. The molecular weight excluding hydrogens is 366 g/mol. The molecule has 0 aliphatic carbocycles. The number of guanidine groups is 1. The highest BCUT2D eigenvalue weighted by molar-refractivity contribution is 7.99. The van der Waals surface area contributed by atoms with Crippen LogP contribution in [0.5, 0.6) is 0 Å². The van der Waals surface area contributed by atoms with Crippen LogP contribution < -0.4 is 10.2 Å². The van der Waals surface area contributed by atoms with Gasteiger partial charge in [0.25, 0.3) is 0 Å². The fourth-order valence-electron chi connectivity index (χ4n) is 3.45. The van der Waals surface area contributed by atoms with Crippen molar-refractivity contribution in [1.82, 2.24) is 24.5 Å². The summed E-state index contributed by atoms with van der Waals surface area (Å²) in [4.78, 5) is 16.2. The van der Waals surface area contributed by atoms with Crippen LogP contribution >= 0.6 is 23.3 Å². The molecule has 146 valence electrons. The van der Waals surface area contributed by atoms with E-state index in [-0.39, 0.29) is 5.54 Å². The van der Waals surface area contributed by atoms with Crippen molar-refractivity contribution in [3.05, 3.63) is 5.82 Å². The molecule has 3 rings (SSSR count). The van der Waals surface area contributed by atoms with Crippen LogP contribution in [0.2, 0.25) is 0 Å². The highest BCUT2D eigenvalue weighted by Gasteiger charge is 2.37. The molecule has 0 bridgehead atoms. The number of thioether (sulfide) groups is 1. The van der Waals surface area contributed by atoms with Gasteiger partial charge in [0.2, 0.25) is 5.13 Å². The highest BCUT2D eigenvalue weighted by Crippen LogP contribution is 2.31. The molecular formula is C17H31N7S2. The van der Waals surface area contributed by atoms with Crippen LogP contribution in [0.1, 0.15) is 19.2 Å². The van der Waals surface area contributed by atoms with Gasteiger partial charge in [0, 0.05) is 69.0 Å². The monoisotopic (exact) mass is 397 g/mol. The van der Waals surface area contributed by atoms with Gasteiger partial charge in [0.1, 0.15) is 5.82 Å². The van der Waals surface area contributed by atoms with Crippen LogP contribution in [-0.2, 0) is 6.42 Å². The van der Waals surface area contributed by atoms with Crippen molar-refractivity contribution in [2.24, 2.45) is 4.99 Å². The zero-order chi connectivity index (χ0) is 18.6. The first-order valence-electron chi connectivity index (χ1n) is 9.36. The van der Waals surface area contributed by atoms with Gasteiger partial charge in [-0.05, 0) is 26.3 Å². The minimum absolute atomic E-state index is 0.242. The summed E-state index contributed by atoms with van der Waals surface area (Å²) in [5, 5.41) is 4.70. The van der Waals surface area contributed by atoms with E-state index in [1.165, 1.54) is 29.5 Å². The van der Waals surface area contributed by atoms with E-state index in [0.717, 1.165) is 56.1 Å². The van der Waals surface area contributed by atoms with Gasteiger partial charge in [0.15, 0.2) is 5.96 Å². The number of anilines is 1. The molecule has 1 aromatic heterocycles. The second kappa shape index (κ2) is 8.75. The van der Waals surface area contributed by atoms with Gasteiger partial charge in [-0.25, -0.2) is 4.98 Å². The summed E-state index contributed by atoms with van der Waals surface area (Å²) in [6.07, 6.45) is 2.14. The minimum Gasteiger partial charge on any atom is -0.354 e. The molecule has 1 unspecified atom stereocenters. The summed E-state index contributed by atoms with van der Waals surface area (Å²) < 4.78 is 4.41. The van der Waals surface area contributed by atoms with Crippen molar-refractivity contribution in [1.29, 1.82) is 0 Å². The smallest absolute Gasteiger partial charge is 0.205 e. The third-order valence-corrected chi connectivity index (χ3v) is 7.49. The largest absolute Gasteiger partial charge is 0.354 e. The Hall–Kier alpha value is -1.06. The number of likely N-dealkylation sites (N-methyl/N-ethyl adjacent to an activating group) is 1. The van der Waals surface area contributed by atoms with Crippen molar-refractivity contribution in [2.45, 2.75) is 25.3 Å². The average Bonchev–Trinajstić information content (AvgIpc) is 3.33. The van der Waals surface area contributed by atoms with E-state index >= 15 is 0 Å². The lowest BCUT2D eigenvalue weighted by atomic mass is 9.97. The maximum atomic E-state index is 4.62. The molecule has 0 aromatic carbocycles. The van der Waals surface area contributed by atoms with Gasteiger partial charge in [-0.2, -0.15) is 16.1 Å². The van der Waals surface area contributed by atoms with Crippen molar-refractivity contribution in [3.8, 4) is 0 Å². The van der Waals surface area contributed by atoms with Crippen molar-refractivity contribution < 1.29 is 0 Å². The lowest BCUT2D eigenvalue weighted by molar-refractivity contribution is 0.181. The third-order valence-electron chi connectivity index (χ3n) is 5.44. The molecule has 0 spiro atoms. The van der Waals surface area contributed by atoms with Crippen LogP contribution in [-0.4, -0.2) is 96.0 Å². The number of rotatable bonds is 5. The molecule has 7 nitrogen and oxygen atoms in total. The Kier molecular flexibility index (Phi) is 6.63. The molecule has 2 aliphatic rings. The first-order chi connectivity index (χ1) is 12.6. The van der Waals surface area contributed by atoms with E-state index in [0.29, 0.717) is 0 Å². The Morgan fingerprint density at radius 3 is 2.62 bits per heavy atom. The maximum Gasteiger partial charge on any atom is 0.205 e. The van der Waals surface area contributed by atoms with Gasteiger partial charge >= 0.3 is 0 Å². The van der Waals surface area contributed by atoms with Gasteiger partial charge in [-0.3, -0.25) is 4.99 Å². The van der Waals surface area contributed by atoms with Gasteiger partial charge in [-0.15, -0.1) is 0 Å². The van der Waals surface area contributed by atoms with Crippen molar-refractivity contribution in [2.75, 3.05) is 70.3 Å². The average molecular weight is 398 g/mol. The number of hydrogen-bond acceptors (Lipinski definition) is 7. The summed E-state index contributed by atoms with van der Waals surface area (Å²) in [7, 11) is 6.28. The van der Waals surface area contributed by atoms with Crippen LogP contribution in [0.4, 0.5) is 5.13 Å². The van der Waals surface area contributed by atoms with E-state index < -0.39 is 0 Å². The number of piperazine rings is 1. The van der Waals surface area contributed by atoms with Gasteiger partial charge in [0.05, 0.1) is 0 Å². The molecule has 26 heavy (non-hydrogen) atoms. The second-order valence-corrected chi connectivity index (χ2v) is 8.98. The molecule has 0 radical (unpaired) electrons. The van der Waals surface area contributed by atoms with Gasteiger partial charge in [-0.1, -0.05) is 6.92 Å². The number of aliphatic imine (C=N–C) groups is 1. The van der Waals surface area contributed by atoms with Crippen LogP contribution in [0.3, 0.4) is 0 Å². The number of hydrogen-bond donors (Lipinski definition) is 1. The Bertz CT molecular complexity index is 602. The third kappa shape index (κ3) is 4.26. The molecule has 1 aromatic rings. The predicted octanol–water partition coefficient (Wildman–Crippen LogP) is 1.24. The van der Waals surface area contributed by atoms with Crippen LogP contribution in [0.25, 0.3) is 0 Å². The number of aromatic nitrogens is 2. The minimum atomic E-state index is 0.242. The Labute approximate surface area is 165 Å². The Balaban J connectivity index is 1.53. The number of nitrogens with one attached hydrogen (secondary N) is 1. The molecule has 1 N–H and O–H groups in total. The van der Waals surface area contributed by atoms with E-state index in [2.05, 4.69) is 67.1 Å². The molecule has 9 heteroatoms. The summed E-state index contributed by atoms with van der Waals surface area (Å²) in [5.41, 5.74) is 0.242. The highest BCUT2D eigenvalue weighted by atomic mass is 32.2. The van der Waals surface area contributed by atoms with Crippen LogP contribution in [0, 0.1) is 0 Å². The molecule has 0 amide bonds. The predicted molar refractivity (Wildman–Crippen MR) is 113 cm³/mol. The fraction of sp³-hybridized carbons (Fsp3) is 0.824. The number of aryl methyl sites for hydroxylation is 1. The first-order valence-corrected chi connectivity index (χ1v) is 11.3. The molecule has 3 heterocycles. The second-order valence-electron chi connectivity index (χ2n) is 7.14. The molecule has 0 saturated carbocycles. The lowest BCUT2D eigenvalue weighted by Gasteiger charge is -2.39. The summed E-state index contributed by atoms with van der Waals surface area (Å²) >= 11 is 3.57. The SMILES string of the molecule is CCc1nsc(N2CCN(C(=NC)NCC3(N(C)C)CCSC3)CC2)n1. The fourth-order valence-corrected chi connectivity index (χ4v) is 5.80. The van der Waals surface area contributed by atoms with Gasteiger partial charge < -0.3 is 20.0 Å². The van der Waals surface area contributed by atoms with E-state index in [4.69, 9.17) is 0 Å². The standard InChI is InChI=1S/C17H31N7S2/c1-5-14-20-16(26-21-14)24-9-7-23(8-10-24)15(18-2)19-12-17(22(3)4)6-11-25-13-17/h5-13H2,1-4H3,(H,18,19). The van der Waals surface area contributed by atoms with E-state index in [1.807, 2.05) is 7.05 Å². The summed E-state index contributed by atoms with van der Waals surface area (Å²) in [6.45, 7) is 6.91.